The van der Waals surface area contributed by atoms with Gasteiger partial charge < -0.3 is 14.8 Å². The van der Waals surface area contributed by atoms with Crippen LogP contribution in [0.1, 0.15) is 0 Å². The summed E-state index contributed by atoms with van der Waals surface area (Å²) in [5.74, 6) is 1.11. The van der Waals surface area contributed by atoms with E-state index in [1.54, 1.807) is 31.4 Å². The van der Waals surface area contributed by atoms with Crippen molar-refractivity contribution in [1.29, 1.82) is 0 Å². The molecule has 4 nitrogen and oxygen atoms in total. The van der Waals surface area contributed by atoms with E-state index in [1.807, 2.05) is 24.3 Å². The lowest BCUT2D eigenvalue weighted by molar-refractivity contribution is -0.118. The molecule has 1 N–H and O–H groups in total. The van der Waals surface area contributed by atoms with E-state index in [1.165, 1.54) is 0 Å². The second-order valence-electron chi connectivity index (χ2n) is 4.03. The summed E-state index contributed by atoms with van der Waals surface area (Å²) < 4.78 is 11.4. The number of amides is 1. The second-order valence-corrected chi connectivity index (χ2v) is 4.94. The van der Waals surface area contributed by atoms with Crippen molar-refractivity contribution >= 4 is 27.5 Å². The van der Waals surface area contributed by atoms with Crippen LogP contribution in [0.4, 0.5) is 5.69 Å². The van der Waals surface area contributed by atoms with Gasteiger partial charge in [0.1, 0.15) is 11.5 Å². The topological polar surface area (TPSA) is 47.6 Å². The van der Waals surface area contributed by atoms with Gasteiger partial charge in [-0.05, 0) is 30.3 Å². The zero-order chi connectivity index (χ0) is 14.4. The quantitative estimate of drug-likeness (QED) is 0.909. The Balaban J connectivity index is 1.89. The molecule has 5 heteroatoms. The first-order valence-corrected chi connectivity index (χ1v) is 6.79. The summed E-state index contributed by atoms with van der Waals surface area (Å²) in [6, 6.07) is 14.5. The number of benzene rings is 2. The van der Waals surface area contributed by atoms with Crippen LogP contribution in [0, 0.1) is 0 Å². The number of carbonyl (C=O) groups is 1. The Morgan fingerprint density at radius 2 is 1.90 bits per heavy atom. The van der Waals surface area contributed by atoms with E-state index in [9.17, 15) is 4.79 Å². The van der Waals surface area contributed by atoms with Gasteiger partial charge in [0.25, 0.3) is 5.91 Å². The molecule has 2 aromatic carbocycles. The Morgan fingerprint density at radius 1 is 1.15 bits per heavy atom. The molecule has 0 radical (unpaired) electrons. The Bertz CT molecular complexity index is 601. The fraction of sp³-hybridized carbons (Fsp3) is 0.133. The van der Waals surface area contributed by atoms with Crippen LogP contribution in [-0.4, -0.2) is 19.6 Å². The first-order chi connectivity index (χ1) is 9.67. The number of anilines is 1. The molecule has 2 aromatic rings. The highest BCUT2D eigenvalue weighted by Crippen LogP contribution is 2.18. The summed E-state index contributed by atoms with van der Waals surface area (Å²) in [7, 11) is 1.58. The fourth-order valence-electron chi connectivity index (χ4n) is 1.60. The summed E-state index contributed by atoms with van der Waals surface area (Å²) >= 11 is 3.34. The van der Waals surface area contributed by atoms with Crippen LogP contribution >= 0.6 is 15.9 Å². The number of nitrogens with one attached hydrogen (secondary N) is 1. The number of halogens is 1. The molecule has 0 atom stereocenters. The lowest BCUT2D eigenvalue weighted by atomic mass is 10.3. The molecule has 0 aliphatic heterocycles. The molecule has 0 bridgehead atoms. The van der Waals surface area contributed by atoms with E-state index in [4.69, 9.17) is 9.47 Å². The minimum Gasteiger partial charge on any atom is -0.497 e. The molecule has 0 aliphatic rings. The van der Waals surface area contributed by atoms with Crippen LogP contribution in [-0.2, 0) is 4.79 Å². The van der Waals surface area contributed by atoms with Gasteiger partial charge >= 0.3 is 0 Å². The smallest absolute Gasteiger partial charge is 0.262 e. The van der Waals surface area contributed by atoms with E-state index in [0.29, 0.717) is 17.2 Å². The molecule has 0 fully saturated rings. The molecule has 2 rings (SSSR count). The number of ether oxygens (including phenoxy) is 2. The summed E-state index contributed by atoms with van der Waals surface area (Å²) in [5.41, 5.74) is 0.673. The van der Waals surface area contributed by atoms with E-state index in [-0.39, 0.29) is 12.5 Å². The molecular formula is C15H14BrNO3. The number of rotatable bonds is 5. The Hall–Kier alpha value is -2.01. The monoisotopic (exact) mass is 335 g/mol. The molecule has 0 spiro atoms. The number of hydrogen-bond donors (Lipinski definition) is 1. The van der Waals surface area contributed by atoms with Crippen LogP contribution < -0.4 is 14.8 Å². The highest BCUT2D eigenvalue weighted by molar-refractivity contribution is 9.10. The van der Waals surface area contributed by atoms with Crippen molar-refractivity contribution in [3.8, 4) is 11.5 Å². The van der Waals surface area contributed by atoms with Crippen LogP contribution in [0.25, 0.3) is 0 Å². The zero-order valence-electron chi connectivity index (χ0n) is 10.9. The molecule has 0 aromatic heterocycles. The maximum atomic E-state index is 11.8. The number of hydrogen-bond acceptors (Lipinski definition) is 3. The number of carbonyl (C=O) groups excluding carboxylic acids is 1. The molecule has 1 amide bonds. The second kappa shape index (κ2) is 6.96. The lowest BCUT2D eigenvalue weighted by Gasteiger charge is -2.08. The van der Waals surface area contributed by atoms with Gasteiger partial charge in [0, 0.05) is 16.2 Å². The van der Waals surface area contributed by atoms with Crippen molar-refractivity contribution in [3.05, 3.63) is 53.0 Å². The first kappa shape index (κ1) is 14.4. The van der Waals surface area contributed by atoms with Gasteiger partial charge in [-0.1, -0.05) is 28.1 Å². The average molecular weight is 336 g/mol. The molecule has 0 saturated carbocycles. The van der Waals surface area contributed by atoms with Gasteiger partial charge in [-0.2, -0.15) is 0 Å². The molecular weight excluding hydrogens is 322 g/mol. The third-order valence-corrected chi connectivity index (χ3v) is 3.01. The summed E-state index contributed by atoms with van der Waals surface area (Å²) in [5, 5.41) is 2.75. The minimum atomic E-state index is -0.224. The maximum Gasteiger partial charge on any atom is 0.262 e. The normalized spacial score (nSPS) is 9.90. The predicted octanol–water partition coefficient (Wildman–Crippen LogP) is 3.48. The summed E-state index contributed by atoms with van der Waals surface area (Å²) in [6.45, 7) is -0.0480. The van der Waals surface area contributed by atoms with E-state index in [2.05, 4.69) is 21.2 Å². The van der Waals surface area contributed by atoms with Crippen LogP contribution in [0.5, 0.6) is 11.5 Å². The van der Waals surface area contributed by atoms with Crippen molar-refractivity contribution in [2.45, 2.75) is 0 Å². The first-order valence-electron chi connectivity index (χ1n) is 5.99. The summed E-state index contributed by atoms with van der Waals surface area (Å²) in [6.07, 6.45) is 0. The van der Waals surface area contributed by atoms with Crippen molar-refractivity contribution < 1.29 is 14.3 Å². The Kier molecular flexibility index (Phi) is 5.01. The van der Waals surface area contributed by atoms with Crippen molar-refractivity contribution in [3.63, 3.8) is 0 Å². The van der Waals surface area contributed by atoms with Crippen LogP contribution in [0.15, 0.2) is 53.0 Å². The molecule has 0 heterocycles. The van der Waals surface area contributed by atoms with Crippen molar-refractivity contribution in [1.82, 2.24) is 0 Å². The number of methoxy groups -OCH3 is 1. The van der Waals surface area contributed by atoms with Crippen molar-refractivity contribution in [2.24, 2.45) is 0 Å². The molecule has 0 aliphatic carbocycles. The van der Waals surface area contributed by atoms with Gasteiger partial charge in [0.2, 0.25) is 0 Å². The van der Waals surface area contributed by atoms with Gasteiger partial charge in [-0.3, -0.25) is 4.79 Å². The van der Waals surface area contributed by atoms with Gasteiger partial charge in [0.15, 0.2) is 6.61 Å². The highest BCUT2D eigenvalue weighted by atomic mass is 79.9. The largest absolute Gasteiger partial charge is 0.497 e. The van der Waals surface area contributed by atoms with Crippen LogP contribution in [0.2, 0.25) is 0 Å². The molecule has 0 unspecified atom stereocenters. The molecule has 104 valence electrons. The third kappa shape index (κ3) is 4.28. The Labute approximate surface area is 125 Å². The van der Waals surface area contributed by atoms with Gasteiger partial charge in [-0.25, -0.2) is 0 Å². The molecule has 0 saturated heterocycles. The lowest BCUT2D eigenvalue weighted by Crippen LogP contribution is -2.20. The van der Waals surface area contributed by atoms with Gasteiger partial charge in [-0.15, -0.1) is 0 Å². The predicted molar refractivity (Wildman–Crippen MR) is 81.3 cm³/mol. The van der Waals surface area contributed by atoms with E-state index in [0.717, 1.165) is 4.47 Å². The highest BCUT2D eigenvalue weighted by Gasteiger charge is 2.04. The van der Waals surface area contributed by atoms with E-state index < -0.39 is 0 Å². The minimum absolute atomic E-state index is 0.0480. The molecule has 20 heavy (non-hydrogen) atoms. The third-order valence-electron chi connectivity index (χ3n) is 2.52. The zero-order valence-corrected chi connectivity index (χ0v) is 12.5. The Morgan fingerprint density at radius 3 is 2.65 bits per heavy atom. The van der Waals surface area contributed by atoms with E-state index >= 15 is 0 Å². The van der Waals surface area contributed by atoms with Crippen LogP contribution in [0.3, 0.4) is 0 Å². The van der Waals surface area contributed by atoms with Gasteiger partial charge in [0.05, 0.1) is 7.11 Å². The van der Waals surface area contributed by atoms with Crippen molar-refractivity contribution in [2.75, 3.05) is 19.0 Å². The summed E-state index contributed by atoms with van der Waals surface area (Å²) in [4.78, 5) is 11.8. The maximum absolute atomic E-state index is 11.8. The SMILES string of the molecule is COc1cccc(NC(=O)COc2cccc(Br)c2)c1. The standard InChI is InChI=1S/C15H14BrNO3/c1-19-13-6-3-5-12(9-13)17-15(18)10-20-14-7-2-4-11(16)8-14/h2-9H,10H2,1H3,(H,17,18). The fourth-order valence-corrected chi connectivity index (χ4v) is 1.98. The average Bonchev–Trinajstić information content (AvgIpc) is 2.45.